The van der Waals surface area contributed by atoms with Gasteiger partial charge in [0.05, 0.1) is 19.3 Å². The van der Waals surface area contributed by atoms with Crippen molar-refractivity contribution in [3.05, 3.63) is 101 Å². The maximum atomic E-state index is 13.1. The second-order valence-corrected chi connectivity index (χ2v) is 10.4. The second-order valence-electron chi connectivity index (χ2n) is 9.44. The van der Waals surface area contributed by atoms with Crippen molar-refractivity contribution >= 4 is 50.7 Å². The van der Waals surface area contributed by atoms with E-state index in [0.717, 1.165) is 46.3 Å². The van der Waals surface area contributed by atoms with Gasteiger partial charge in [-0.2, -0.15) is 15.1 Å². The predicted molar refractivity (Wildman–Crippen MR) is 160 cm³/mol. The van der Waals surface area contributed by atoms with Crippen LogP contribution in [0.3, 0.4) is 0 Å². The van der Waals surface area contributed by atoms with Gasteiger partial charge in [0.1, 0.15) is 5.04 Å². The van der Waals surface area contributed by atoms with Crippen LogP contribution >= 0.6 is 11.8 Å². The number of carbonyl (C=O) groups excluding carboxylic acids is 1. The number of fused-ring (bicyclic) bond motifs is 2. The summed E-state index contributed by atoms with van der Waals surface area (Å²) in [5.41, 5.74) is 4.15. The Hall–Kier alpha value is -4.63. The standard InChI is InChI=1S/C31H27N5O3S/c1-20-9-7-10-21(17-20)30-34-36-28(32)24(29(37)33-31(36)40-30)18-22-19-35(25-12-4-3-11-23(22)25)15-8-16-39-27-14-6-5-13-26(27)38-2/h3-7,9-14,17-19,32H,8,15-16H2,1-2H3/b24-18+,32-28?. The summed E-state index contributed by atoms with van der Waals surface area (Å²) in [7, 11) is 1.63. The topological polar surface area (TPSA) is 92.3 Å². The van der Waals surface area contributed by atoms with Crippen molar-refractivity contribution < 1.29 is 14.3 Å². The van der Waals surface area contributed by atoms with Gasteiger partial charge in [-0.1, -0.05) is 54.1 Å². The van der Waals surface area contributed by atoms with Gasteiger partial charge in [0.2, 0.25) is 5.17 Å². The zero-order valence-corrected chi connectivity index (χ0v) is 22.9. The van der Waals surface area contributed by atoms with E-state index in [9.17, 15) is 4.79 Å². The predicted octanol–water partition coefficient (Wildman–Crippen LogP) is 6.09. The van der Waals surface area contributed by atoms with Gasteiger partial charge in [-0.15, -0.1) is 0 Å². The van der Waals surface area contributed by atoms with E-state index >= 15 is 0 Å². The second kappa shape index (κ2) is 10.9. The van der Waals surface area contributed by atoms with Gasteiger partial charge in [0.15, 0.2) is 17.3 Å². The van der Waals surface area contributed by atoms with E-state index in [1.54, 1.807) is 13.2 Å². The van der Waals surface area contributed by atoms with Gasteiger partial charge in [0.25, 0.3) is 5.91 Å². The van der Waals surface area contributed by atoms with Crippen LogP contribution in [0.15, 0.2) is 94.7 Å². The number of carbonyl (C=O) groups is 1. The number of thioether (sulfide) groups is 1. The summed E-state index contributed by atoms with van der Waals surface area (Å²) < 4.78 is 13.5. The lowest BCUT2D eigenvalue weighted by Crippen LogP contribution is -2.35. The van der Waals surface area contributed by atoms with Crippen molar-refractivity contribution in [1.29, 1.82) is 5.41 Å². The number of hydrazone groups is 1. The van der Waals surface area contributed by atoms with Crippen LogP contribution in [-0.4, -0.2) is 45.2 Å². The molecular weight excluding hydrogens is 522 g/mol. The molecule has 0 radical (unpaired) electrons. The SMILES string of the molecule is COc1ccccc1OCCCn1cc(/C=C2\C(=N)N3N=C(c4cccc(C)c4)SC3=NC2=O)c2ccccc21. The van der Waals surface area contributed by atoms with Gasteiger partial charge in [-0.25, -0.2) is 0 Å². The Morgan fingerprint density at radius 2 is 1.82 bits per heavy atom. The Kier molecular flexibility index (Phi) is 6.96. The minimum atomic E-state index is -0.438. The molecule has 200 valence electrons. The number of hydrogen-bond donors (Lipinski definition) is 1. The van der Waals surface area contributed by atoms with Gasteiger partial charge >= 0.3 is 0 Å². The third kappa shape index (κ3) is 4.91. The number of amidine groups is 2. The average molecular weight is 550 g/mol. The zero-order chi connectivity index (χ0) is 27.6. The number of nitrogens with one attached hydrogen (secondary N) is 1. The number of methoxy groups -OCH3 is 1. The fourth-order valence-corrected chi connectivity index (χ4v) is 5.66. The van der Waals surface area contributed by atoms with E-state index in [2.05, 4.69) is 20.7 Å². The summed E-state index contributed by atoms with van der Waals surface area (Å²) in [4.78, 5) is 17.3. The molecule has 3 aromatic carbocycles. The average Bonchev–Trinajstić information content (AvgIpc) is 3.55. The summed E-state index contributed by atoms with van der Waals surface area (Å²) in [6.45, 7) is 3.27. The third-order valence-electron chi connectivity index (χ3n) is 6.71. The van der Waals surface area contributed by atoms with Crippen molar-refractivity contribution in [2.75, 3.05) is 13.7 Å². The highest BCUT2D eigenvalue weighted by Crippen LogP contribution is 2.32. The highest BCUT2D eigenvalue weighted by atomic mass is 32.2. The van der Waals surface area contributed by atoms with Crippen LogP contribution in [0.5, 0.6) is 11.5 Å². The van der Waals surface area contributed by atoms with Crippen LogP contribution in [0.4, 0.5) is 0 Å². The maximum absolute atomic E-state index is 13.1. The molecule has 6 rings (SSSR count). The molecule has 0 atom stereocenters. The molecule has 0 aliphatic carbocycles. The van der Waals surface area contributed by atoms with E-state index in [1.807, 2.05) is 79.9 Å². The summed E-state index contributed by atoms with van der Waals surface area (Å²) in [5.74, 6) is 1.01. The van der Waals surface area contributed by atoms with E-state index in [0.29, 0.717) is 22.6 Å². The fraction of sp³-hybridized carbons (Fsp3) is 0.161. The number of ether oxygens (including phenoxy) is 2. The summed E-state index contributed by atoms with van der Waals surface area (Å²) in [6, 6.07) is 23.6. The smallest absolute Gasteiger partial charge is 0.283 e. The van der Waals surface area contributed by atoms with Gasteiger partial charge in [-0.05, 0) is 55.4 Å². The number of aryl methyl sites for hydroxylation is 2. The molecular formula is C31H27N5O3S. The lowest BCUT2D eigenvalue weighted by molar-refractivity contribution is -0.114. The normalized spacial score (nSPS) is 15.8. The van der Waals surface area contributed by atoms with Crippen LogP contribution in [0, 0.1) is 12.3 Å². The quantitative estimate of drug-likeness (QED) is 0.212. The number of aromatic nitrogens is 1. The first-order valence-corrected chi connectivity index (χ1v) is 13.7. The highest BCUT2D eigenvalue weighted by Gasteiger charge is 2.36. The number of para-hydroxylation sites is 3. The molecule has 2 aliphatic heterocycles. The van der Waals surface area contributed by atoms with Crippen molar-refractivity contribution in [2.24, 2.45) is 10.1 Å². The van der Waals surface area contributed by atoms with Crippen molar-refractivity contribution in [3.8, 4) is 11.5 Å². The summed E-state index contributed by atoms with van der Waals surface area (Å²) in [6.07, 6.45) is 4.54. The van der Waals surface area contributed by atoms with Crippen molar-refractivity contribution in [1.82, 2.24) is 9.58 Å². The largest absolute Gasteiger partial charge is 0.493 e. The number of amides is 1. The van der Waals surface area contributed by atoms with Crippen LogP contribution in [0.2, 0.25) is 0 Å². The monoisotopic (exact) mass is 549 g/mol. The lowest BCUT2D eigenvalue weighted by atomic mass is 10.1. The van der Waals surface area contributed by atoms with E-state index in [-0.39, 0.29) is 11.4 Å². The van der Waals surface area contributed by atoms with E-state index < -0.39 is 5.91 Å². The molecule has 9 heteroatoms. The van der Waals surface area contributed by atoms with Gasteiger partial charge in [-0.3, -0.25) is 10.2 Å². The van der Waals surface area contributed by atoms with Gasteiger partial charge < -0.3 is 14.0 Å². The van der Waals surface area contributed by atoms with E-state index in [1.165, 1.54) is 16.8 Å². The molecule has 4 aromatic rings. The minimum absolute atomic E-state index is 0.0205. The Balaban J connectivity index is 1.23. The number of aliphatic imine (C=N–C) groups is 1. The maximum Gasteiger partial charge on any atom is 0.283 e. The molecule has 0 bridgehead atoms. The molecule has 1 aromatic heterocycles. The van der Waals surface area contributed by atoms with Crippen molar-refractivity contribution in [3.63, 3.8) is 0 Å². The Morgan fingerprint density at radius 1 is 1.02 bits per heavy atom. The molecule has 0 spiro atoms. The summed E-state index contributed by atoms with van der Waals surface area (Å²) in [5, 5.41) is 17.0. The molecule has 0 unspecified atom stereocenters. The number of rotatable bonds is 8. The Labute approximate surface area is 236 Å². The first-order chi connectivity index (χ1) is 19.5. The summed E-state index contributed by atoms with van der Waals surface area (Å²) >= 11 is 1.30. The molecule has 0 fully saturated rings. The van der Waals surface area contributed by atoms with Crippen LogP contribution in [0.1, 0.15) is 23.1 Å². The molecule has 3 heterocycles. The highest BCUT2D eigenvalue weighted by molar-refractivity contribution is 8.27. The van der Waals surface area contributed by atoms with Crippen LogP contribution in [0.25, 0.3) is 17.0 Å². The molecule has 2 aliphatic rings. The lowest BCUT2D eigenvalue weighted by Gasteiger charge is -2.20. The van der Waals surface area contributed by atoms with Crippen molar-refractivity contribution in [2.45, 2.75) is 19.9 Å². The molecule has 8 nitrogen and oxygen atoms in total. The fourth-order valence-electron chi connectivity index (χ4n) is 4.77. The van der Waals surface area contributed by atoms with E-state index in [4.69, 9.17) is 14.9 Å². The Bertz CT molecular complexity index is 1740. The zero-order valence-electron chi connectivity index (χ0n) is 22.1. The molecule has 0 saturated heterocycles. The number of nitrogens with zero attached hydrogens (tertiary/aromatic N) is 4. The first-order valence-electron chi connectivity index (χ1n) is 12.9. The number of hydrogen-bond acceptors (Lipinski definition) is 6. The number of benzene rings is 3. The van der Waals surface area contributed by atoms with Gasteiger partial charge in [0, 0.05) is 34.8 Å². The third-order valence-corrected chi connectivity index (χ3v) is 7.67. The van der Waals surface area contributed by atoms with Crippen LogP contribution < -0.4 is 9.47 Å². The molecule has 40 heavy (non-hydrogen) atoms. The van der Waals surface area contributed by atoms with Crippen LogP contribution in [-0.2, 0) is 11.3 Å². The Morgan fingerprint density at radius 3 is 2.65 bits per heavy atom. The minimum Gasteiger partial charge on any atom is -0.493 e. The first kappa shape index (κ1) is 25.6. The molecule has 1 amide bonds. The molecule has 0 saturated carbocycles. The molecule has 1 N–H and O–H groups in total.